The van der Waals surface area contributed by atoms with Crippen LogP contribution in [0, 0.1) is 22.9 Å². The van der Waals surface area contributed by atoms with Crippen LogP contribution in [0.2, 0.25) is 0 Å². The van der Waals surface area contributed by atoms with Crippen molar-refractivity contribution in [3.63, 3.8) is 0 Å². The molecule has 0 fully saturated rings. The first-order valence-corrected chi connectivity index (χ1v) is 6.77. The van der Waals surface area contributed by atoms with Crippen molar-refractivity contribution in [3.8, 4) is 5.75 Å². The third-order valence-electron chi connectivity index (χ3n) is 3.13. The summed E-state index contributed by atoms with van der Waals surface area (Å²) in [6.07, 6.45) is 0. The third-order valence-corrected chi connectivity index (χ3v) is 3.13. The molecule has 22 heavy (non-hydrogen) atoms. The molecule has 1 aromatic heterocycles. The van der Waals surface area contributed by atoms with E-state index in [0.29, 0.717) is 17.9 Å². The summed E-state index contributed by atoms with van der Waals surface area (Å²) in [6, 6.07) is 4.59. The van der Waals surface area contributed by atoms with Crippen molar-refractivity contribution in [1.82, 2.24) is 9.78 Å². The number of hydrogen-bond donors (Lipinski definition) is 1. The third kappa shape index (κ3) is 3.16. The summed E-state index contributed by atoms with van der Waals surface area (Å²) in [4.78, 5) is 10.6. The molecule has 7 nitrogen and oxygen atoms in total. The molecule has 0 aliphatic carbocycles. The highest BCUT2D eigenvalue weighted by atomic mass is 19.1. The van der Waals surface area contributed by atoms with Crippen molar-refractivity contribution in [2.45, 2.75) is 20.4 Å². The lowest BCUT2D eigenvalue weighted by molar-refractivity contribution is -0.384. The molecule has 118 valence electrons. The first-order chi connectivity index (χ1) is 10.4. The number of rotatable bonds is 6. The standard InChI is InChI=1S/C14H17FN4O3/c1-4-22-12-6-5-10(7-11(12)15)8-16-14-13(19(20)21)9(2)17-18(14)3/h5-7,16H,4,8H2,1-3H3. The van der Waals surface area contributed by atoms with Crippen molar-refractivity contribution >= 4 is 11.5 Å². The minimum absolute atomic E-state index is 0.0751. The Morgan fingerprint density at radius 1 is 1.50 bits per heavy atom. The smallest absolute Gasteiger partial charge is 0.333 e. The van der Waals surface area contributed by atoms with Gasteiger partial charge in [0.25, 0.3) is 0 Å². The average Bonchev–Trinajstić information content (AvgIpc) is 2.73. The summed E-state index contributed by atoms with van der Waals surface area (Å²) in [6.45, 7) is 3.97. The number of hydrogen-bond acceptors (Lipinski definition) is 5. The highest BCUT2D eigenvalue weighted by Crippen LogP contribution is 2.28. The number of ether oxygens (including phenoxy) is 1. The maximum atomic E-state index is 13.8. The van der Waals surface area contributed by atoms with Gasteiger partial charge in [0.05, 0.1) is 11.5 Å². The lowest BCUT2D eigenvalue weighted by atomic mass is 10.2. The first-order valence-electron chi connectivity index (χ1n) is 6.77. The van der Waals surface area contributed by atoms with Crippen molar-refractivity contribution in [2.24, 2.45) is 7.05 Å². The van der Waals surface area contributed by atoms with E-state index in [-0.39, 0.29) is 23.8 Å². The van der Waals surface area contributed by atoms with Crippen LogP contribution >= 0.6 is 0 Å². The van der Waals surface area contributed by atoms with Gasteiger partial charge in [-0.1, -0.05) is 6.07 Å². The molecule has 0 spiro atoms. The molecule has 0 unspecified atom stereocenters. The molecule has 0 amide bonds. The fourth-order valence-electron chi connectivity index (χ4n) is 2.18. The van der Waals surface area contributed by atoms with E-state index in [9.17, 15) is 14.5 Å². The number of aromatic nitrogens is 2. The van der Waals surface area contributed by atoms with E-state index in [4.69, 9.17) is 4.74 Å². The molecular weight excluding hydrogens is 291 g/mol. The summed E-state index contributed by atoms with van der Waals surface area (Å²) in [5.74, 6) is 0.0160. The zero-order valence-electron chi connectivity index (χ0n) is 12.6. The predicted octanol–water partition coefficient (Wildman–Crippen LogP) is 2.79. The number of nitrogens with one attached hydrogen (secondary N) is 1. The van der Waals surface area contributed by atoms with E-state index in [1.54, 1.807) is 33.0 Å². The van der Waals surface area contributed by atoms with Gasteiger partial charge in [0.1, 0.15) is 5.69 Å². The fourth-order valence-corrected chi connectivity index (χ4v) is 2.18. The lowest BCUT2D eigenvalue weighted by Crippen LogP contribution is -2.07. The van der Waals surface area contributed by atoms with E-state index in [1.165, 1.54) is 10.7 Å². The van der Waals surface area contributed by atoms with Crippen LogP contribution in [0.3, 0.4) is 0 Å². The molecule has 0 saturated carbocycles. The predicted molar refractivity (Wildman–Crippen MR) is 79.5 cm³/mol. The van der Waals surface area contributed by atoms with Crippen LogP contribution in [-0.4, -0.2) is 21.3 Å². The Balaban J connectivity index is 2.17. The zero-order chi connectivity index (χ0) is 16.3. The number of halogens is 1. The van der Waals surface area contributed by atoms with E-state index in [1.807, 2.05) is 0 Å². The molecule has 0 aliphatic heterocycles. The van der Waals surface area contributed by atoms with E-state index >= 15 is 0 Å². The Hall–Kier alpha value is -2.64. The van der Waals surface area contributed by atoms with E-state index < -0.39 is 10.7 Å². The Bertz CT molecular complexity index is 700. The summed E-state index contributed by atoms with van der Waals surface area (Å²) < 4.78 is 20.3. The number of benzene rings is 1. The molecule has 0 aliphatic rings. The minimum Gasteiger partial charge on any atom is -0.491 e. The molecule has 2 aromatic rings. The van der Waals surface area contributed by atoms with Crippen LogP contribution < -0.4 is 10.1 Å². The van der Waals surface area contributed by atoms with Gasteiger partial charge < -0.3 is 10.1 Å². The van der Waals surface area contributed by atoms with E-state index in [0.717, 1.165) is 0 Å². The molecule has 0 atom stereocenters. The number of anilines is 1. The van der Waals surface area contributed by atoms with Crippen molar-refractivity contribution in [3.05, 3.63) is 45.4 Å². The van der Waals surface area contributed by atoms with Gasteiger partial charge in [-0.25, -0.2) is 9.07 Å². The first kappa shape index (κ1) is 15.7. The van der Waals surface area contributed by atoms with Crippen LogP contribution in [0.1, 0.15) is 18.2 Å². The second kappa shape index (κ2) is 6.42. The fraction of sp³-hybridized carbons (Fsp3) is 0.357. The number of aryl methyl sites for hydroxylation is 2. The van der Waals surface area contributed by atoms with Gasteiger partial charge in [-0.05, 0) is 31.5 Å². The molecule has 2 rings (SSSR count). The molecule has 0 saturated heterocycles. The Morgan fingerprint density at radius 3 is 2.82 bits per heavy atom. The molecule has 1 aromatic carbocycles. The Morgan fingerprint density at radius 2 is 2.23 bits per heavy atom. The monoisotopic (exact) mass is 308 g/mol. The van der Waals surface area contributed by atoms with E-state index in [2.05, 4.69) is 10.4 Å². The van der Waals surface area contributed by atoms with Gasteiger partial charge in [0, 0.05) is 13.6 Å². The molecular formula is C14H17FN4O3. The largest absolute Gasteiger partial charge is 0.491 e. The maximum absolute atomic E-state index is 13.8. The normalized spacial score (nSPS) is 10.5. The topological polar surface area (TPSA) is 82.2 Å². The second-order valence-electron chi connectivity index (χ2n) is 4.71. The minimum atomic E-state index is -0.483. The Kier molecular flexibility index (Phi) is 4.59. The summed E-state index contributed by atoms with van der Waals surface area (Å²) in [5.41, 5.74) is 0.899. The van der Waals surface area contributed by atoms with Crippen LogP contribution in [0.5, 0.6) is 5.75 Å². The maximum Gasteiger partial charge on any atom is 0.333 e. The van der Waals surface area contributed by atoms with Gasteiger partial charge in [0.2, 0.25) is 5.82 Å². The summed E-state index contributed by atoms with van der Waals surface area (Å²) in [5, 5.41) is 18.0. The highest BCUT2D eigenvalue weighted by Gasteiger charge is 2.23. The van der Waals surface area contributed by atoms with Crippen LogP contribution in [0.15, 0.2) is 18.2 Å². The SMILES string of the molecule is CCOc1ccc(CNc2c([N+](=O)[O-])c(C)nn2C)cc1F. The number of nitro groups is 1. The Labute approximate surface area is 126 Å². The summed E-state index contributed by atoms with van der Waals surface area (Å²) >= 11 is 0. The lowest BCUT2D eigenvalue weighted by Gasteiger charge is -2.09. The zero-order valence-corrected chi connectivity index (χ0v) is 12.6. The van der Waals surface area contributed by atoms with Crippen molar-refractivity contribution < 1.29 is 14.1 Å². The molecule has 1 N–H and O–H groups in total. The van der Waals surface area contributed by atoms with Crippen LogP contribution in [0.25, 0.3) is 0 Å². The van der Waals surface area contributed by atoms with Gasteiger partial charge in [-0.15, -0.1) is 0 Å². The molecule has 1 heterocycles. The molecule has 8 heteroatoms. The van der Waals surface area contributed by atoms with Gasteiger partial charge in [-0.3, -0.25) is 10.1 Å². The van der Waals surface area contributed by atoms with Gasteiger partial charge in [0.15, 0.2) is 11.6 Å². The van der Waals surface area contributed by atoms with Crippen LogP contribution in [0.4, 0.5) is 15.9 Å². The molecule has 0 radical (unpaired) electrons. The molecule has 0 bridgehead atoms. The summed E-state index contributed by atoms with van der Waals surface area (Å²) in [7, 11) is 1.61. The van der Waals surface area contributed by atoms with Gasteiger partial charge in [-0.2, -0.15) is 5.10 Å². The van der Waals surface area contributed by atoms with Gasteiger partial charge >= 0.3 is 5.69 Å². The van der Waals surface area contributed by atoms with Crippen molar-refractivity contribution in [2.75, 3.05) is 11.9 Å². The average molecular weight is 308 g/mol. The highest BCUT2D eigenvalue weighted by molar-refractivity contribution is 5.59. The second-order valence-corrected chi connectivity index (χ2v) is 4.71. The van der Waals surface area contributed by atoms with Crippen molar-refractivity contribution in [1.29, 1.82) is 0 Å². The number of nitrogens with zero attached hydrogens (tertiary/aromatic N) is 3. The van der Waals surface area contributed by atoms with Crippen LogP contribution in [-0.2, 0) is 13.6 Å². The quantitative estimate of drug-likeness (QED) is 0.655.